The van der Waals surface area contributed by atoms with Gasteiger partial charge >= 0.3 is 16.4 Å². The summed E-state index contributed by atoms with van der Waals surface area (Å²) in [5.74, 6) is -1.53. The average Bonchev–Trinajstić information content (AvgIpc) is 2.83. The van der Waals surface area contributed by atoms with Crippen molar-refractivity contribution in [1.82, 2.24) is 9.03 Å². The van der Waals surface area contributed by atoms with E-state index in [0.717, 1.165) is 12.1 Å². The van der Waals surface area contributed by atoms with Crippen LogP contribution in [0.4, 0.5) is 4.39 Å². The van der Waals surface area contributed by atoms with Gasteiger partial charge in [0.25, 0.3) is 0 Å². The number of nitrogens with zero attached hydrogens (tertiary/aromatic N) is 1. The van der Waals surface area contributed by atoms with Crippen LogP contribution in [0.15, 0.2) is 76.5 Å². The number of rotatable bonds is 10. The zero-order chi connectivity index (χ0) is 25.8. The fourth-order valence-corrected chi connectivity index (χ4v) is 5.20. The number of nitrogens with one attached hydrogen (secondary N) is 1. The number of halogens is 1. The van der Waals surface area contributed by atoms with Gasteiger partial charge in [-0.2, -0.15) is 4.55 Å². The van der Waals surface area contributed by atoms with Crippen molar-refractivity contribution in [2.45, 2.75) is 16.3 Å². The van der Waals surface area contributed by atoms with E-state index in [-0.39, 0.29) is 22.1 Å². The number of aliphatic carboxylic acids is 1. The molecule has 12 heteroatoms. The monoisotopic (exact) mass is 523 g/mol. The first-order valence-electron chi connectivity index (χ1n) is 10.2. The molecule has 3 N–H and O–H groups in total. The van der Waals surface area contributed by atoms with E-state index in [2.05, 4.69) is 4.72 Å². The first-order chi connectivity index (χ1) is 16.4. The van der Waals surface area contributed by atoms with Crippen LogP contribution in [-0.4, -0.2) is 49.1 Å². The molecule has 9 nitrogen and oxygen atoms in total. The molecular weight excluding hydrogens is 499 g/mol. The maximum atomic E-state index is 13.2. The minimum absolute atomic E-state index is 0.00102. The molecular formula is C23H24FN2O7S2+. The van der Waals surface area contributed by atoms with Crippen molar-refractivity contribution in [3.63, 3.8) is 0 Å². The van der Waals surface area contributed by atoms with Crippen molar-refractivity contribution in [1.29, 1.82) is 0 Å². The fraction of sp³-hybridized carbons (Fsp3) is 0.174. The zero-order valence-electron chi connectivity index (χ0n) is 18.8. The lowest BCUT2D eigenvalue weighted by molar-refractivity contribution is -0.139. The number of carboxylic acid groups (broad SMARTS) is 1. The molecule has 0 aliphatic rings. The molecule has 3 rings (SSSR count). The predicted molar refractivity (Wildman–Crippen MR) is 128 cm³/mol. The van der Waals surface area contributed by atoms with Crippen LogP contribution in [0.3, 0.4) is 0 Å². The van der Waals surface area contributed by atoms with Crippen LogP contribution in [0.5, 0.6) is 5.75 Å². The van der Waals surface area contributed by atoms with E-state index in [9.17, 15) is 26.4 Å². The van der Waals surface area contributed by atoms with Crippen molar-refractivity contribution in [2.75, 3.05) is 20.7 Å². The molecule has 0 radical (unpaired) electrons. The van der Waals surface area contributed by atoms with Crippen molar-refractivity contribution >= 4 is 26.4 Å². The second kappa shape index (κ2) is 10.6. The molecule has 1 unspecified atom stereocenters. The van der Waals surface area contributed by atoms with Gasteiger partial charge in [0.05, 0.1) is 11.4 Å². The van der Waals surface area contributed by atoms with Crippen molar-refractivity contribution in [3.8, 4) is 16.9 Å². The van der Waals surface area contributed by atoms with Crippen LogP contribution >= 0.6 is 0 Å². The molecule has 186 valence electrons. The second-order valence-electron chi connectivity index (χ2n) is 7.48. The number of ether oxygens (including phenoxy) is 1. The summed E-state index contributed by atoms with van der Waals surface area (Å²) in [5, 5.41) is 9.00. The third kappa shape index (κ3) is 6.29. The second-order valence-corrected chi connectivity index (χ2v) is 11.5. The molecule has 0 aliphatic heterocycles. The minimum Gasteiger partial charge on any atom is -0.481 e. The summed E-state index contributed by atoms with van der Waals surface area (Å²) in [5.41, 5.74) is 1.40. The van der Waals surface area contributed by atoms with E-state index in [4.69, 9.17) is 9.84 Å². The van der Waals surface area contributed by atoms with Gasteiger partial charge in [-0.3, -0.25) is 0 Å². The van der Waals surface area contributed by atoms with Gasteiger partial charge in [0.1, 0.15) is 11.6 Å². The molecule has 0 bridgehead atoms. The summed E-state index contributed by atoms with van der Waals surface area (Å²) in [6.07, 6.45) is 0. The van der Waals surface area contributed by atoms with Crippen LogP contribution in [-0.2, 0) is 36.0 Å². The first-order valence-corrected chi connectivity index (χ1v) is 13.1. The van der Waals surface area contributed by atoms with E-state index in [1.54, 1.807) is 18.2 Å². The highest BCUT2D eigenvalue weighted by atomic mass is 32.3. The molecule has 0 aromatic heterocycles. The van der Waals surface area contributed by atoms with Gasteiger partial charge in [0.2, 0.25) is 14.9 Å². The van der Waals surface area contributed by atoms with Gasteiger partial charge in [-0.15, -0.1) is 0 Å². The third-order valence-electron chi connectivity index (χ3n) is 5.07. The summed E-state index contributed by atoms with van der Waals surface area (Å²) in [4.78, 5) is 11.1. The highest BCUT2D eigenvalue weighted by molar-refractivity contribution is 7.95. The van der Waals surface area contributed by atoms with E-state index >= 15 is 0 Å². The fourth-order valence-electron chi connectivity index (χ4n) is 3.25. The van der Waals surface area contributed by atoms with E-state index in [1.165, 1.54) is 54.8 Å². The van der Waals surface area contributed by atoms with Crippen LogP contribution in [0.2, 0.25) is 0 Å². The van der Waals surface area contributed by atoms with E-state index < -0.39 is 38.8 Å². The molecule has 1 atom stereocenters. The Bertz CT molecular complexity index is 1380. The largest absolute Gasteiger partial charge is 0.481 e. The van der Waals surface area contributed by atoms with Crippen LogP contribution in [0.25, 0.3) is 11.1 Å². The standard InChI is InChI=1S/C23H23FN2O7S2/c1-25-34(29,30)20-5-3-4-17(13-20)21-12-16(6-11-22(21)33-15-23(27)28)14-26(2)35(31,32)19-9-7-18(24)8-10-19/h3-13,25H,14-15H2,1-2H3,(H-,27,28,31,32)/p+1. The first kappa shape index (κ1) is 26.4. The average molecular weight is 524 g/mol. The molecule has 3 aromatic carbocycles. The maximum absolute atomic E-state index is 13.2. The molecule has 0 saturated heterocycles. The smallest absolute Gasteiger partial charge is 0.341 e. The predicted octanol–water partition coefficient (Wildman–Crippen LogP) is 3.24. The van der Waals surface area contributed by atoms with Gasteiger partial charge in [-0.05, 0) is 58.8 Å². The Morgan fingerprint density at radius 1 is 1.11 bits per heavy atom. The molecule has 0 aliphatic carbocycles. The summed E-state index contributed by atoms with van der Waals surface area (Å²) in [6.45, 7) is -0.622. The minimum atomic E-state index is -3.74. The Morgan fingerprint density at radius 3 is 2.43 bits per heavy atom. The molecule has 0 saturated carbocycles. The van der Waals surface area contributed by atoms with Gasteiger partial charge in [-0.25, -0.2) is 22.3 Å². The molecule has 0 heterocycles. The lowest BCUT2D eigenvalue weighted by atomic mass is 10.0. The maximum Gasteiger partial charge on any atom is 0.341 e. The number of carboxylic acids is 1. The zero-order valence-corrected chi connectivity index (χ0v) is 20.5. The Morgan fingerprint density at radius 2 is 1.80 bits per heavy atom. The SMILES string of the molecule is CNS(=O)(=O)c1cccc(-c2cc(CN(C)[S+](=O)(O)c3ccc(F)cc3)ccc2OCC(=O)O)c1. The van der Waals surface area contributed by atoms with Gasteiger partial charge in [0.15, 0.2) is 6.61 Å². The Balaban J connectivity index is 2.00. The van der Waals surface area contributed by atoms with Crippen LogP contribution in [0.1, 0.15) is 5.56 Å². The quantitative estimate of drug-likeness (QED) is 0.348. The number of benzene rings is 3. The number of sulfonamides is 1. The van der Waals surface area contributed by atoms with Gasteiger partial charge in [0, 0.05) is 24.7 Å². The lowest BCUT2D eigenvalue weighted by Gasteiger charge is -2.17. The number of carbonyl (C=O) groups is 1. The Kier molecular flexibility index (Phi) is 8.03. The highest BCUT2D eigenvalue weighted by Crippen LogP contribution is 2.33. The molecule has 35 heavy (non-hydrogen) atoms. The summed E-state index contributed by atoms with van der Waals surface area (Å²) in [6, 6.07) is 15.4. The van der Waals surface area contributed by atoms with Crippen LogP contribution < -0.4 is 9.46 Å². The summed E-state index contributed by atoms with van der Waals surface area (Å²) in [7, 11) is -4.70. The highest BCUT2D eigenvalue weighted by Gasteiger charge is 2.35. The lowest BCUT2D eigenvalue weighted by Crippen LogP contribution is -2.32. The Hall–Kier alpha value is -3.16. The topological polar surface area (TPSA) is 133 Å². The summed E-state index contributed by atoms with van der Waals surface area (Å²) < 4.78 is 70.2. The summed E-state index contributed by atoms with van der Waals surface area (Å²) >= 11 is 0. The number of hydrogen-bond acceptors (Lipinski definition) is 5. The van der Waals surface area contributed by atoms with Crippen LogP contribution in [0, 0.1) is 5.82 Å². The molecule has 3 aromatic rings. The van der Waals surface area contributed by atoms with E-state index in [1.807, 2.05) is 0 Å². The Labute approximate surface area is 203 Å². The van der Waals surface area contributed by atoms with E-state index in [0.29, 0.717) is 16.7 Å². The van der Waals surface area contributed by atoms with Gasteiger partial charge in [-0.1, -0.05) is 22.5 Å². The van der Waals surface area contributed by atoms with Crippen molar-refractivity contribution < 1.29 is 36.2 Å². The third-order valence-corrected chi connectivity index (χ3v) is 8.34. The molecule has 0 fully saturated rings. The molecule has 0 amide bonds. The normalized spacial score (nSPS) is 13.4. The molecule has 0 spiro atoms. The van der Waals surface area contributed by atoms with Crippen molar-refractivity contribution in [3.05, 3.63) is 78.1 Å². The number of hydrogen-bond donors (Lipinski definition) is 3. The van der Waals surface area contributed by atoms with Crippen molar-refractivity contribution in [2.24, 2.45) is 0 Å². The van der Waals surface area contributed by atoms with Gasteiger partial charge < -0.3 is 9.84 Å².